The maximum atomic E-state index is 8.92. The summed E-state index contributed by atoms with van der Waals surface area (Å²) < 4.78 is 1.89. The summed E-state index contributed by atoms with van der Waals surface area (Å²) in [5.41, 5.74) is 49.3. The number of aliphatic hydroxyl groups excluding tert-OH is 2. The van der Waals surface area contributed by atoms with Crippen molar-refractivity contribution in [3.63, 3.8) is 0 Å². The molecule has 0 saturated carbocycles. The van der Waals surface area contributed by atoms with E-state index >= 15 is 0 Å². The molecular formula is C60H98N14O4S. The minimum absolute atomic E-state index is 0.153. The number of allylic oxidation sites excluding steroid dienone is 1. The molecule has 1 aliphatic rings. The molecule has 4 heterocycles. The third-order valence-electron chi connectivity index (χ3n) is 9.73. The van der Waals surface area contributed by atoms with Crippen molar-refractivity contribution in [2.45, 2.75) is 105 Å². The van der Waals surface area contributed by atoms with Crippen LogP contribution in [0.15, 0.2) is 169 Å². The highest BCUT2D eigenvalue weighted by atomic mass is 32.1. The van der Waals surface area contributed by atoms with Crippen molar-refractivity contribution in [1.29, 1.82) is 0 Å². The van der Waals surface area contributed by atoms with Crippen molar-refractivity contribution in [3.8, 4) is 11.5 Å². The van der Waals surface area contributed by atoms with Gasteiger partial charge in [-0.05, 0) is 139 Å². The smallest absolute Gasteiger partial charge is 0.118 e. The first-order chi connectivity index (χ1) is 37.6. The molecule has 438 valence electrons. The lowest BCUT2D eigenvalue weighted by Crippen LogP contribution is -2.46. The molecule has 0 bridgehead atoms. The van der Waals surface area contributed by atoms with Gasteiger partial charge in [0.1, 0.15) is 17.8 Å². The number of hydrogen-bond acceptors (Lipinski definition) is 18. The molecule has 4 aromatic carbocycles. The molecule has 0 atom stereocenters. The van der Waals surface area contributed by atoms with Crippen LogP contribution in [0.5, 0.6) is 11.5 Å². The molecule has 79 heavy (non-hydrogen) atoms. The number of phenols is 2. The second-order valence-corrected chi connectivity index (χ2v) is 17.3. The summed E-state index contributed by atoms with van der Waals surface area (Å²) in [5.74, 6) is 0.736. The fraction of sp³-hybridized carbons (Fsp3) is 0.350. The SMILES string of the molecule is C1=CN=CC1.CCC(N)(CO)CO.CCCN.CCCN.CCCN.Cc1ccccc1N.Cc1ccccc1O.Cc1ccccc1O.Cc1ncccc1N.Cc1ncncc1N.Cn1ccnc1.Nc1ccccc1S. The average molecular weight is 1110 g/mol. The van der Waals surface area contributed by atoms with E-state index in [2.05, 4.69) is 58.3 Å². The predicted molar refractivity (Wildman–Crippen MR) is 339 cm³/mol. The normalized spacial score (nSPS) is 9.68. The van der Waals surface area contributed by atoms with E-state index in [1.54, 1.807) is 43.3 Å². The third kappa shape index (κ3) is 48.7. The summed E-state index contributed by atoms with van der Waals surface area (Å²) in [6, 6.07) is 33.4. The number of aliphatic imine (C=N–C) groups is 1. The molecule has 7 aromatic rings. The highest BCUT2D eigenvalue weighted by molar-refractivity contribution is 7.80. The Morgan fingerprint density at radius 2 is 1.01 bits per heavy atom. The van der Waals surface area contributed by atoms with Gasteiger partial charge in [-0.2, -0.15) is 0 Å². The van der Waals surface area contributed by atoms with Gasteiger partial charge in [0.2, 0.25) is 0 Å². The number of aryl methyl sites for hydroxylation is 6. The summed E-state index contributed by atoms with van der Waals surface area (Å²) in [5, 5.41) is 34.8. The minimum atomic E-state index is -0.764. The standard InChI is InChI=1S/C7H9N.2C7H8O.C6H8N2.C6H7NS.C5H7N3.C5H13NO2.C4H6N2.C4H5N.3C3H9N/c3*1-6-4-2-3-5-7(6)8;1-5-6(7)3-2-4-8-5;7-5-3-1-2-4-6(5)8;1-4-5(6)2-7-3-8-4;1-2-5(6,3-7)4-8;1-6-3-2-5-4-6;1-2-4-5-3-1;3*1-2-3-4/h2-5H,8H2,1H3;2*2-5,8H,1H3;2-4H,7H2,1H3;1-4,8H,7H2;2-3H,6H2,1H3;7-8H,2-4,6H2,1H3;2-4H,1H3;1,3-4H,2H2;3*2-4H2,1H3. The number of para-hydroxylation sites is 4. The molecule has 0 spiro atoms. The molecule has 1 aliphatic heterocycles. The van der Waals surface area contributed by atoms with E-state index in [0.717, 1.165) is 95.4 Å². The lowest BCUT2D eigenvalue weighted by molar-refractivity contribution is 0.118. The Morgan fingerprint density at radius 1 is 0.570 bits per heavy atom. The minimum Gasteiger partial charge on any atom is -0.508 e. The number of imidazole rings is 1. The van der Waals surface area contributed by atoms with E-state index in [-0.39, 0.29) is 13.2 Å². The molecule has 0 radical (unpaired) electrons. The van der Waals surface area contributed by atoms with E-state index in [4.69, 9.17) is 66.3 Å². The molecular weight excluding hydrogens is 1010 g/mol. The zero-order valence-corrected chi connectivity index (χ0v) is 49.6. The van der Waals surface area contributed by atoms with Crippen molar-refractivity contribution >= 4 is 41.6 Å². The van der Waals surface area contributed by atoms with Crippen LogP contribution in [0.25, 0.3) is 0 Å². The van der Waals surface area contributed by atoms with Crippen molar-refractivity contribution in [1.82, 2.24) is 24.5 Å². The van der Waals surface area contributed by atoms with Crippen LogP contribution in [-0.2, 0) is 7.05 Å². The van der Waals surface area contributed by atoms with E-state index < -0.39 is 5.54 Å². The average Bonchev–Trinajstić information content (AvgIpc) is 4.23. The van der Waals surface area contributed by atoms with Gasteiger partial charge in [-0.1, -0.05) is 101 Å². The number of aromatic nitrogens is 5. The van der Waals surface area contributed by atoms with Gasteiger partial charge >= 0.3 is 0 Å². The number of thiol groups is 1. The van der Waals surface area contributed by atoms with Gasteiger partial charge in [0, 0.05) is 60.7 Å². The van der Waals surface area contributed by atoms with Crippen LogP contribution < -0.4 is 45.9 Å². The van der Waals surface area contributed by atoms with E-state index in [0.29, 0.717) is 23.6 Å². The molecule has 0 amide bonds. The van der Waals surface area contributed by atoms with Crippen LogP contribution in [0, 0.1) is 34.6 Å². The third-order valence-corrected chi connectivity index (χ3v) is 10.1. The Hall–Kier alpha value is -7.36. The van der Waals surface area contributed by atoms with E-state index in [9.17, 15) is 0 Å². The number of phenolic OH excluding ortho intramolecular Hbond substituents is 2. The van der Waals surface area contributed by atoms with Crippen LogP contribution in [0.2, 0.25) is 0 Å². The first kappa shape index (κ1) is 78.1. The fourth-order valence-corrected chi connectivity index (χ4v) is 4.16. The van der Waals surface area contributed by atoms with E-state index in [1.165, 1.54) is 6.33 Å². The molecule has 8 rings (SSSR count). The number of nitrogens with zero attached hydrogens (tertiary/aromatic N) is 6. The number of benzene rings is 4. The van der Waals surface area contributed by atoms with Gasteiger partial charge in [-0.25, -0.2) is 15.0 Å². The first-order valence-corrected chi connectivity index (χ1v) is 26.3. The van der Waals surface area contributed by atoms with E-state index in [1.807, 2.05) is 169 Å². The molecule has 3 aromatic heterocycles. The van der Waals surface area contributed by atoms with Gasteiger partial charge < -0.3 is 70.9 Å². The molecule has 0 saturated heterocycles. The number of rotatable bonds is 6. The second kappa shape index (κ2) is 54.0. The van der Waals surface area contributed by atoms with Gasteiger partial charge in [0.15, 0.2) is 0 Å². The van der Waals surface area contributed by atoms with Gasteiger partial charge in [-0.15, -0.1) is 12.6 Å². The number of anilines is 4. The van der Waals surface area contributed by atoms with Crippen LogP contribution >= 0.6 is 12.6 Å². The highest BCUT2D eigenvalue weighted by Crippen LogP contribution is 2.14. The second-order valence-electron chi connectivity index (χ2n) is 16.8. The number of aromatic hydroxyl groups is 2. The van der Waals surface area contributed by atoms with Crippen LogP contribution in [0.4, 0.5) is 22.7 Å². The zero-order chi connectivity index (χ0) is 60.7. The fourth-order valence-electron chi connectivity index (χ4n) is 4.00. The zero-order valence-electron chi connectivity index (χ0n) is 48.7. The quantitative estimate of drug-likeness (QED) is 0.0544. The lowest BCUT2D eigenvalue weighted by atomic mass is 10.0. The molecule has 18 nitrogen and oxygen atoms in total. The van der Waals surface area contributed by atoms with Crippen LogP contribution in [0.1, 0.15) is 87.9 Å². The Balaban J connectivity index is -0.000000392. The Bertz CT molecular complexity index is 2010. The molecule has 19 heteroatoms. The summed E-state index contributed by atoms with van der Waals surface area (Å²) in [4.78, 5) is 19.9. The number of hydrogen-bond donors (Lipinski definition) is 13. The molecule has 20 N–H and O–H groups in total. The van der Waals surface area contributed by atoms with Crippen LogP contribution in [0.3, 0.4) is 0 Å². The van der Waals surface area contributed by atoms with Gasteiger partial charge in [0.05, 0.1) is 54.0 Å². The largest absolute Gasteiger partial charge is 0.508 e. The first-order valence-electron chi connectivity index (χ1n) is 25.9. The number of nitrogens with two attached hydrogens (primary N) is 8. The Kier molecular flexibility index (Phi) is 53.4. The van der Waals surface area contributed by atoms with Crippen molar-refractivity contribution in [3.05, 3.63) is 187 Å². The number of aliphatic hydroxyl groups is 2. The highest BCUT2D eigenvalue weighted by Gasteiger charge is 2.19. The Morgan fingerprint density at radius 3 is 1.20 bits per heavy atom. The van der Waals surface area contributed by atoms with Crippen LogP contribution in [-0.4, -0.2) is 89.5 Å². The molecule has 0 unspecified atom stereocenters. The number of nitrogen functional groups attached to an aromatic ring is 4. The summed E-state index contributed by atoms with van der Waals surface area (Å²) >= 11 is 4.07. The lowest BCUT2D eigenvalue weighted by Gasteiger charge is -2.21. The topological polar surface area (TPSA) is 358 Å². The van der Waals surface area contributed by atoms with Gasteiger partial charge in [0.25, 0.3) is 0 Å². The number of pyridine rings is 1. The van der Waals surface area contributed by atoms with Crippen molar-refractivity contribution in [2.75, 3.05) is 55.8 Å². The molecule has 0 aliphatic carbocycles. The monoisotopic (exact) mass is 1110 g/mol. The maximum absolute atomic E-state index is 8.92. The summed E-state index contributed by atoms with van der Waals surface area (Å²) in [6.07, 6.45) is 20.8. The summed E-state index contributed by atoms with van der Waals surface area (Å²) in [7, 11) is 1.94. The van der Waals surface area contributed by atoms with Crippen molar-refractivity contribution < 1.29 is 20.4 Å². The predicted octanol–water partition coefficient (Wildman–Crippen LogP) is 9.41. The summed E-state index contributed by atoms with van der Waals surface area (Å²) in [6.45, 7) is 19.6. The maximum Gasteiger partial charge on any atom is 0.118 e. The molecule has 0 fully saturated rings. The van der Waals surface area contributed by atoms with Crippen molar-refractivity contribution in [2.24, 2.45) is 35.0 Å². The Labute approximate surface area is 478 Å². The van der Waals surface area contributed by atoms with Gasteiger partial charge in [-0.3, -0.25) is 9.98 Å².